The molecule has 29 heavy (non-hydrogen) atoms. The minimum absolute atomic E-state index is 0.106. The predicted molar refractivity (Wildman–Crippen MR) is 123 cm³/mol. The fourth-order valence-electron chi connectivity index (χ4n) is 2.84. The monoisotopic (exact) mass is 472 g/mol. The van der Waals surface area contributed by atoms with Crippen molar-refractivity contribution in [1.82, 2.24) is 10.2 Å². The molecule has 0 spiro atoms. The number of amides is 2. The zero-order chi connectivity index (χ0) is 21.4. The molecule has 0 fully saturated rings. The average molecular weight is 474 g/mol. The molecule has 2 aromatic carbocycles. The first-order valence-corrected chi connectivity index (χ1v) is 11.4. The van der Waals surface area contributed by atoms with Gasteiger partial charge in [0.25, 0.3) is 0 Å². The highest BCUT2D eigenvalue weighted by atomic mass is 35.5. The van der Waals surface area contributed by atoms with E-state index in [1.54, 1.807) is 36.2 Å². The third-order valence-electron chi connectivity index (χ3n) is 4.40. The van der Waals surface area contributed by atoms with E-state index < -0.39 is 6.04 Å². The SMILES string of the molecule is CCC(C(=O)NC)N(Cc1ccc(Cl)cc1)C(=O)CSCc1ccc(Cl)cc1Cl. The van der Waals surface area contributed by atoms with Crippen LogP contribution in [0.25, 0.3) is 0 Å². The largest absolute Gasteiger partial charge is 0.357 e. The van der Waals surface area contributed by atoms with Gasteiger partial charge in [-0.1, -0.05) is 59.9 Å². The summed E-state index contributed by atoms with van der Waals surface area (Å²) in [4.78, 5) is 27.0. The predicted octanol–water partition coefficient (Wildman–Crippen LogP) is 5.43. The van der Waals surface area contributed by atoms with Crippen molar-refractivity contribution in [2.75, 3.05) is 12.8 Å². The summed E-state index contributed by atoms with van der Waals surface area (Å²) in [6.45, 7) is 2.23. The van der Waals surface area contributed by atoms with E-state index in [2.05, 4.69) is 5.32 Å². The Labute approximate surface area is 190 Å². The number of carbonyl (C=O) groups excluding carboxylic acids is 2. The normalized spacial score (nSPS) is 11.8. The summed E-state index contributed by atoms with van der Waals surface area (Å²) < 4.78 is 0. The van der Waals surface area contributed by atoms with Gasteiger partial charge in [-0.3, -0.25) is 9.59 Å². The molecule has 1 unspecified atom stereocenters. The number of hydrogen-bond acceptors (Lipinski definition) is 3. The van der Waals surface area contributed by atoms with Crippen LogP contribution in [0.4, 0.5) is 0 Å². The van der Waals surface area contributed by atoms with E-state index in [0.29, 0.717) is 33.8 Å². The number of rotatable bonds is 9. The molecule has 0 saturated carbocycles. The molecule has 2 amide bonds. The molecule has 1 atom stereocenters. The number of likely N-dealkylation sites (N-methyl/N-ethyl adjacent to an activating group) is 1. The third-order valence-corrected chi connectivity index (χ3v) is 6.20. The minimum Gasteiger partial charge on any atom is -0.357 e. The molecule has 0 saturated heterocycles. The van der Waals surface area contributed by atoms with Crippen LogP contribution in [-0.4, -0.2) is 35.6 Å². The van der Waals surface area contributed by atoms with Crippen molar-refractivity contribution >= 4 is 58.4 Å². The van der Waals surface area contributed by atoms with Gasteiger partial charge >= 0.3 is 0 Å². The number of nitrogens with zero attached hydrogens (tertiary/aromatic N) is 1. The van der Waals surface area contributed by atoms with Crippen molar-refractivity contribution in [3.05, 3.63) is 68.7 Å². The molecule has 156 valence electrons. The lowest BCUT2D eigenvalue weighted by molar-refractivity contribution is -0.139. The minimum atomic E-state index is -0.539. The number of carbonyl (C=O) groups is 2. The summed E-state index contributed by atoms with van der Waals surface area (Å²) in [6, 6.07) is 12.0. The molecule has 0 bridgehead atoms. The number of benzene rings is 2. The van der Waals surface area contributed by atoms with E-state index in [9.17, 15) is 9.59 Å². The van der Waals surface area contributed by atoms with Crippen LogP contribution in [0.15, 0.2) is 42.5 Å². The van der Waals surface area contributed by atoms with E-state index in [4.69, 9.17) is 34.8 Å². The standard InChI is InChI=1S/C21H23Cl3N2O2S/c1-3-19(21(28)25-2)26(11-14-4-7-16(22)8-5-14)20(27)13-29-12-15-6-9-17(23)10-18(15)24/h4-10,19H,3,11-13H2,1-2H3,(H,25,28). The van der Waals surface area contributed by atoms with Crippen LogP contribution < -0.4 is 5.32 Å². The Kier molecular flexibility index (Phi) is 9.63. The summed E-state index contributed by atoms with van der Waals surface area (Å²) in [5, 5.41) is 4.43. The summed E-state index contributed by atoms with van der Waals surface area (Å²) in [5.74, 6) is 0.527. The van der Waals surface area contributed by atoms with E-state index >= 15 is 0 Å². The van der Waals surface area contributed by atoms with Gasteiger partial charge < -0.3 is 10.2 Å². The van der Waals surface area contributed by atoms with Crippen molar-refractivity contribution in [3.63, 3.8) is 0 Å². The van der Waals surface area contributed by atoms with Crippen LogP contribution in [0.1, 0.15) is 24.5 Å². The molecule has 0 aliphatic heterocycles. The fraction of sp³-hybridized carbons (Fsp3) is 0.333. The van der Waals surface area contributed by atoms with Gasteiger partial charge in [0.15, 0.2) is 0 Å². The lowest BCUT2D eigenvalue weighted by Gasteiger charge is -2.30. The Hall–Kier alpha value is -1.40. The lowest BCUT2D eigenvalue weighted by Crippen LogP contribution is -2.48. The maximum atomic E-state index is 13.0. The molecule has 4 nitrogen and oxygen atoms in total. The first-order valence-electron chi connectivity index (χ1n) is 9.12. The van der Waals surface area contributed by atoms with E-state index in [-0.39, 0.29) is 17.6 Å². The number of halogens is 3. The molecule has 8 heteroatoms. The highest BCUT2D eigenvalue weighted by Gasteiger charge is 2.27. The number of hydrogen-bond donors (Lipinski definition) is 1. The Bertz CT molecular complexity index is 846. The van der Waals surface area contributed by atoms with Crippen LogP contribution in [0, 0.1) is 0 Å². The van der Waals surface area contributed by atoms with Gasteiger partial charge in [-0.15, -0.1) is 11.8 Å². The van der Waals surface area contributed by atoms with E-state index in [0.717, 1.165) is 11.1 Å². The van der Waals surface area contributed by atoms with Gasteiger partial charge in [0, 0.05) is 34.4 Å². The quantitative estimate of drug-likeness (QED) is 0.528. The zero-order valence-corrected chi connectivity index (χ0v) is 19.3. The highest BCUT2D eigenvalue weighted by molar-refractivity contribution is 7.99. The second kappa shape index (κ2) is 11.7. The molecule has 0 aliphatic rings. The Morgan fingerprint density at radius 1 is 1.07 bits per heavy atom. The van der Waals surface area contributed by atoms with Crippen molar-refractivity contribution in [2.24, 2.45) is 0 Å². The van der Waals surface area contributed by atoms with Crippen LogP contribution in [-0.2, 0) is 21.9 Å². The van der Waals surface area contributed by atoms with Crippen LogP contribution >= 0.6 is 46.6 Å². The summed E-state index contributed by atoms with van der Waals surface area (Å²) in [7, 11) is 1.58. The van der Waals surface area contributed by atoms with Crippen molar-refractivity contribution in [3.8, 4) is 0 Å². The second-order valence-corrected chi connectivity index (χ2v) is 8.68. The van der Waals surface area contributed by atoms with Crippen molar-refractivity contribution < 1.29 is 9.59 Å². The average Bonchev–Trinajstić information content (AvgIpc) is 2.70. The van der Waals surface area contributed by atoms with Crippen LogP contribution in [0.3, 0.4) is 0 Å². The molecule has 1 N–H and O–H groups in total. The molecule has 0 heterocycles. The zero-order valence-electron chi connectivity index (χ0n) is 16.3. The van der Waals surface area contributed by atoms with E-state index in [1.165, 1.54) is 11.8 Å². The molecular weight excluding hydrogens is 451 g/mol. The van der Waals surface area contributed by atoms with Crippen molar-refractivity contribution in [1.29, 1.82) is 0 Å². The maximum absolute atomic E-state index is 13.0. The number of nitrogens with one attached hydrogen (secondary N) is 1. The second-order valence-electron chi connectivity index (χ2n) is 6.41. The molecule has 2 aromatic rings. The third kappa shape index (κ3) is 7.10. The summed E-state index contributed by atoms with van der Waals surface area (Å²) >= 11 is 19.5. The van der Waals surface area contributed by atoms with Gasteiger partial charge in [0.1, 0.15) is 6.04 Å². The molecule has 0 aliphatic carbocycles. The fourth-order valence-corrected chi connectivity index (χ4v) is 4.44. The maximum Gasteiger partial charge on any atom is 0.242 e. The Morgan fingerprint density at radius 2 is 1.72 bits per heavy atom. The first-order chi connectivity index (χ1) is 13.8. The van der Waals surface area contributed by atoms with Gasteiger partial charge in [-0.05, 0) is 41.8 Å². The Morgan fingerprint density at radius 3 is 2.31 bits per heavy atom. The summed E-state index contributed by atoms with van der Waals surface area (Å²) in [6.07, 6.45) is 0.521. The van der Waals surface area contributed by atoms with E-state index in [1.807, 2.05) is 25.1 Å². The highest BCUT2D eigenvalue weighted by Crippen LogP contribution is 2.25. The Balaban J connectivity index is 2.10. The van der Waals surface area contributed by atoms with Crippen LogP contribution in [0.2, 0.25) is 15.1 Å². The number of thioether (sulfide) groups is 1. The smallest absolute Gasteiger partial charge is 0.242 e. The topological polar surface area (TPSA) is 49.4 Å². The molecule has 2 rings (SSSR count). The molecule has 0 radical (unpaired) electrons. The molecular formula is C21H23Cl3N2O2S. The molecule has 0 aromatic heterocycles. The van der Waals surface area contributed by atoms with Crippen LogP contribution in [0.5, 0.6) is 0 Å². The summed E-state index contributed by atoms with van der Waals surface area (Å²) in [5.41, 5.74) is 1.83. The van der Waals surface area contributed by atoms with Gasteiger partial charge in [-0.2, -0.15) is 0 Å². The van der Waals surface area contributed by atoms with Crippen molar-refractivity contribution in [2.45, 2.75) is 31.7 Å². The van der Waals surface area contributed by atoms with Gasteiger partial charge in [0.05, 0.1) is 5.75 Å². The van der Waals surface area contributed by atoms with Gasteiger partial charge in [0.2, 0.25) is 11.8 Å². The van der Waals surface area contributed by atoms with Gasteiger partial charge in [-0.25, -0.2) is 0 Å². The first kappa shape index (κ1) is 23.9. The lowest BCUT2D eigenvalue weighted by atomic mass is 10.1.